The third-order valence-electron chi connectivity index (χ3n) is 6.30. The molecule has 0 aliphatic carbocycles. The molecule has 0 aromatic heterocycles. The molecule has 7 heteroatoms. The van der Waals surface area contributed by atoms with Gasteiger partial charge in [-0.25, -0.2) is 0 Å². The van der Waals surface area contributed by atoms with E-state index in [0.29, 0.717) is 18.1 Å². The fourth-order valence-corrected chi connectivity index (χ4v) is 6.00. The summed E-state index contributed by atoms with van der Waals surface area (Å²) in [7, 11) is 0. The number of fused-ring (bicyclic) bond motifs is 2. The van der Waals surface area contributed by atoms with Crippen molar-refractivity contribution in [3.8, 4) is 0 Å². The van der Waals surface area contributed by atoms with Crippen molar-refractivity contribution < 1.29 is 9.53 Å². The lowest BCUT2D eigenvalue weighted by molar-refractivity contribution is -0.131. The van der Waals surface area contributed by atoms with Gasteiger partial charge in [-0.05, 0) is 49.2 Å². The Balaban J connectivity index is 1.25. The molecule has 0 bridgehead atoms. The summed E-state index contributed by atoms with van der Waals surface area (Å²) in [6.07, 6.45) is 1.71. The summed E-state index contributed by atoms with van der Waals surface area (Å²) in [5.74, 6) is 0.180. The molecule has 0 radical (unpaired) electrons. The first-order valence-corrected chi connectivity index (χ1v) is 11.4. The number of thioether (sulfide) groups is 1. The Bertz CT molecular complexity index is 970. The highest BCUT2D eigenvalue weighted by Crippen LogP contribution is 2.55. The van der Waals surface area contributed by atoms with E-state index in [9.17, 15) is 4.79 Å². The maximum atomic E-state index is 13.2. The first kappa shape index (κ1) is 19.6. The van der Waals surface area contributed by atoms with Crippen LogP contribution in [0.3, 0.4) is 0 Å². The number of piperidine rings is 1. The smallest absolute Gasteiger partial charge is 0.237 e. The minimum atomic E-state index is -0.279. The van der Waals surface area contributed by atoms with Gasteiger partial charge in [0.05, 0.1) is 6.54 Å². The van der Waals surface area contributed by atoms with Crippen LogP contribution < -0.4 is 5.32 Å². The number of nitrogens with zero attached hydrogens (tertiary/aromatic N) is 1. The highest BCUT2D eigenvalue weighted by molar-refractivity contribution is 8.00. The summed E-state index contributed by atoms with van der Waals surface area (Å²) in [6, 6.07) is 13.7. The quantitative estimate of drug-likeness (QED) is 0.679. The van der Waals surface area contributed by atoms with Crippen molar-refractivity contribution in [3.05, 3.63) is 58.1 Å². The van der Waals surface area contributed by atoms with Crippen molar-refractivity contribution in [2.75, 3.05) is 25.0 Å². The zero-order chi connectivity index (χ0) is 20.2. The second-order valence-electron chi connectivity index (χ2n) is 8.27. The Morgan fingerprint density at radius 1 is 1.24 bits per heavy atom. The Kier molecular flexibility index (Phi) is 4.78. The van der Waals surface area contributed by atoms with E-state index in [-0.39, 0.29) is 22.4 Å². The van der Waals surface area contributed by atoms with Gasteiger partial charge >= 0.3 is 0 Å². The first-order chi connectivity index (χ1) is 13.9. The lowest BCUT2D eigenvalue weighted by atomic mass is 9.82. The van der Waals surface area contributed by atoms with E-state index in [0.717, 1.165) is 35.0 Å². The molecule has 152 valence electrons. The number of rotatable bonds is 3. The zero-order valence-electron chi connectivity index (χ0n) is 16.1. The molecular formula is C22H22Cl2N2O2S. The molecule has 2 aromatic rings. The number of carbonyl (C=O) groups is 1. The minimum absolute atomic E-state index is 0.130. The van der Waals surface area contributed by atoms with Crippen LogP contribution in [0.15, 0.2) is 47.4 Å². The largest absolute Gasteiger partial charge is 0.382 e. The molecule has 2 saturated heterocycles. The Labute approximate surface area is 184 Å². The molecule has 3 atom stereocenters. The minimum Gasteiger partial charge on any atom is -0.382 e. The standard InChI is InChI=1S/C22H22Cl2N2O2S/c1-21-13-26(9-8-22(21,28-21)11-14-2-4-15(23)5-3-14)20(27)19-12-25-17-10-16(24)6-7-18(17)29-19/h2-7,10,19,25H,8-9,11-13H2,1H3. The van der Waals surface area contributed by atoms with Crippen molar-refractivity contribution in [3.63, 3.8) is 0 Å². The van der Waals surface area contributed by atoms with Crippen LogP contribution in [-0.4, -0.2) is 46.9 Å². The zero-order valence-corrected chi connectivity index (χ0v) is 18.4. The number of epoxide rings is 1. The average molecular weight is 449 g/mol. The van der Waals surface area contributed by atoms with Crippen LogP contribution in [0.25, 0.3) is 0 Å². The lowest BCUT2D eigenvalue weighted by Gasteiger charge is -2.36. The summed E-state index contributed by atoms with van der Waals surface area (Å²) in [4.78, 5) is 16.3. The van der Waals surface area contributed by atoms with Crippen molar-refractivity contribution in [2.24, 2.45) is 0 Å². The summed E-state index contributed by atoms with van der Waals surface area (Å²) in [6.45, 7) is 4.11. The number of likely N-dealkylation sites (tertiary alicyclic amines) is 1. The Morgan fingerprint density at radius 3 is 2.76 bits per heavy atom. The molecule has 3 aliphatic rings. The monoisotopic (exact) mass is 448 g/mol. The maximum Gasteiger partial charge on any atom is 0.237 e. The number of ether oxygens (including phenoxy) is 1. The van der Waals surface area contributed by atoms with Gasteiger partial charge in [-0.3, -0.25) is 4.79 Å². The van der Waals surface area contributed by atoms with Gasteiger partial charge in [-0.15, -0.1) is 11.8 Å². The van der Waals surface area contributed by atoms with Gasteiger partial charge < -0.3 is 15.0 Å². The van der Waals surface area contributed by atoms with Crippen molar-refractivity contribution >= 4 is 46.6 Å². The lowest BCUT2D eigenvalue weighted by Crippen LogP contribution is -2.52. The highest BCUT2D eigenvalue weighted by Gasteiger charge is 2.69. The van der Waals surface area contributed by atoms with E-state index in [1.807, 2.05) is 35.2 Å². The van der Waals surface area contributed by atoms with Crippen LogP contribution in [0.1, 0.15) is 18.9 Å². The Hall–Kier alpha value is -1.40. The highest BCUT2D eigenvalue weighted by atomic mass is 35.5. The number of anilines is 1. The maximum absolute atomic E-state index is 13.2. The number of benzene rings is 2. The van der Waals surface area contributed by atoms with Gasteiger partial charge in [0.15, 0.2) is 0 Å². The molecule has 5 rings (SSSR count). The van der Waals surface area contributed by atoms with Crippen molar-refractivity contribution in [1.29, 1.82) is 0 Å². The predicted molar refractivity (Wildman–Crippen MR) is 118 cm³/mol. The van der Waals surface area contributed by atoms with E-state index in [1.165, 1.54) is 5.56 Å². The molecule has 1 amide bonds. The van der Waals surface area contributed by atoms with Gasteiger partial charge in [0.25, 0.3) is 0 Å². The molecule has 1 N–H and O–H groups in total. The van der Waals surface area contributed by atoms with Crippen molar-refractivity contribution in [2.45, 2.75) is 41.1 Å². The fourth-order valence-electron chi connectivity index (χ4n) is 4.57. The molecule has 3 heterocycles. The Morgan fingerprint density at radius 2 is 2.00 bits per heavy atom. The molecule has 3 aliphatic heterocycles. The van der Waals surface area contributed by atoms with E-state index >= 15 is 0 Å². The van der Waals surface area contributed by atoms with E-state index < -0.39 is 0 Å². The van der Waals surface area contributed by atoms with Crippen LogP contribution in [0.4, 0.5) is 5.69 Å². The van der Waals surface area contributed by atoms with Gasteiger partial charge in [-0.2, -0.15) is 0 Å². The number of hydrogen-bond donors (Lipinski definition) is 1. The fraction of sp³-hybridized carbons (Fsp3) is 0.409. The third-order valence-corrected chi connectivity index (χ3v) is 8.05. The molecule has 29 heavy (non-hydrogen) atoms. The van der Waals surface area contributed by atoms with Crippen molar-refractivity contribution in [1.82, 2.24) is 4.90 Å². The van der Waals surface area contributed by atoms with Gasteiger partial charge in [0, 0.05) is 40.1 Å². The molecule has 3 unspecified atom stereocenters. The van der Waals surface area contributed by atoms with E-state index in [4.69, 9.17) is 27.9 Å². The normalized spacial score (nSPS) is 30.2. The number of nitrogens with one attached hydrogen (secondary N) is 1. The van der Waals surface area contributed by atoms with E-state index in [1.54, 1.807) is 11.8 Å². The summed E-state index contributed by atoms with van der Waals surface area (Å²) >= 11 is 13.7. The molecular weight excluding hydrogens is 427 g/mol. The first-order valence-electron chi connectivity index (χ1n) is 9.81. The summed E-state index contributed by atoms with van der Waals surface area (Å²) < 4.78 is 6.26. The molecule has 2 aromatic carbocycles. The van der Waals surface area contributed by atoms with Crippen LogP contribution in [0.2, 0.25) is 10.0 Å². The molecule has 4 nitrogen and oxygen atoms in total. The van der Waals surface area contributed by atoms with Gasteiger partial charge in [-0.1, -0.05) is 35.3 Å². The second kappa shape index (κ2) is 7.09. The van der Waals surface area contributed by atoms with Crippen LogP contribution in [-0.2, 0) is 16.0 Å². The molecule has 0 spiro atoms. The average Bonchev–Trinajstić information content (AvgIpc) is 3.32. The van der Waals surface area contributed by atoms with Crippen LogP contribution in [0, 0.1) is 0 Å². The number of hydrogen-bond acceptors (Lipinski definition) is 4. The summed E-state index contributed by atoms with van der Waals surface area (Å²) in [5.41, 5.74) is 1.78. The molecule has 2 fully saturated rings. The summed E-state index contributed by atoms with van der Waals surface area (Å²) in [5, 5.41) is 4.67. The van der Waals surface area contributed by atoms with Crippen LogP contribution >= 0.6 is 35.0 Å². The number of amides is 1. The van der Waals surface area contributed by atoms with Gasteiger partial charge in [0.1, 0.15) is 16.5 Å². The SMILES string of the molecule is CC12CN(C(=O)C3CNc4cc(Cl)ccc4S3)CCC1(Cc1ccc(Cl)cc1)O2. The predicted octanol–water partition coefficient (Wildman–Crippen LogP) is 4.88. The van der Waals surface area contributed by atoms with E-state index in [2.05, 4.69) is 24.4 Å². The third kappa shape index (κ3) is 3.52. The van der Waals surface area contributed by atoms with Crippen LogP contribution in [0.5, 0.6) is 0 Å². The van der Waals surface area contributed by atoms with Gasteiger partial charge in [0.2, 0.25) is 5.91 Å². The second-order valence-corrected chi connectivity index (χ2v) is 10.4. The topological polar surface area (TPSA) is 44.9 Å². The molecule has 0 saturated carbocycles. The number of halogens is 2. The number of carbonyl (C=O) groups excluding carboxylic acids is 1.